The highest BCUT2D eigenvalue weighted by atomic mass is 35.5. The Bertz CT molecular complexity index is 1430. The normalized spacial score (nSPS) is 10.8. The van der Waals surface area contributed by atoms with E-state index in [9.17, 15) is 9.59 Å². The van der Waals surface area contributed by atoms with Gasteiger partial charge >= 0.3 is 5.97 Å². The molecular weight excluding hydrogens is 476 g/mol. The fraction of sp³-hybridized carbons (Fsp3) is 0.0690. The van der Waals surface area contributed by atoms with Crippen LogP contribution in [0.1, 0.15) is 21.5 Å². The highest BCUT2D eigenvalue weighted by Crippen LogP contribution is 2.27. The van der Waals surface area contributed by atoms with Crippen LogP contribution in [0, 0.1) is 0 Å². The standard InChI is InChI=1S/C29H23ClN2O4/c1-2-7-21-9-4-6-11-26(21)35-19-28(33)32-31-18-25-24-10-5-3-8-20(24)14-17-27(25)36-29(34)22-12-15-23(30)16-13-22/h2-6,8-18H,1,7,19H2,(H,32,33). The Kier molecular flexibility index (Phi) is 8.11. The summed E-state index contributed by atoms with van der Waals surface area (Å²) in [5.74, 6) is -0.0462. The number of hydrogen-bond donors (Lipinski definition) is 1. The van der Waals surface area contributed by atoms with Crippen molar-refractivity contribution in [3.63, 3.8) is 0 Å². The number of nitrogens with one attached hydrogen (secondary N) is 1. The highest BCUT2D eigenvalue weighted by molar-refractivity contribution is 6.30. The second kappa shape index (κ2) is 11.8. The molecule has 6 nitrogen and oxygen atoms in total. The van der Waals surface area contributed by atoms with Crippen LogP contribution in [0.15, 0.2) is 103 Å². The number of nitrogens with zero attached hydrogens (tertiary/aromatic N) is 1. The van der Waals surface area contributed by atoms with Crippen LogP contribution in [0.4, 0.5) is 0 Å². The summed E-state index contributed by atoms with van der Waals surface area (Å²) >= 11 is 5.91. The monoisotopic (exact) mass is 498 g/mol. The number of allylic oxidation sites excluding steroid dienone is 1. The number of ether oxygens (including phenoxy) is 2. The van der Waals surface area contributed by atoms with Crippen LogP contribution in [-0.2, 0) is 11.2 Å². The van der Waals surface area contributed by atoms with Gasteiger partial charge in [0.1, 0.15) is 11.5 Å². The first-order chi connectivity index (χ1) is 17.5. The lowest BCUT2D eigenvalue weighted by atomic mass is 10.0. The van der Waals surface area contributed by atoms with Gasteiger partial charge in [-0.25, -0.2) is 10.2 Å². The third kappa shape index (κ3) is 6.17. The third-order valence-corrected chi connectivity index (χ3v) is 5.54. The van der Waals surface area contributed by atoms with E-state index in [1.54, 1.807) is 42.5 Å². The largest absolute Gasteiger partial charge is 0.483 e. The van der Waals surface area contributed by atoms with Crippen LogP contribution in [0.2, 0.25) is 5.02 Å². The van der Waals surface area contributed by atoms with Crippen molar-refractivity contribution >= 4 is 40.5 Å². The Balaban J connectivity index is 1.49. The minimum Gasteiger partial charge on any atom is -0.483 e. The summed E-state index contributed by atoms with van der Waals surface area (Å²) in [5.41, 5.74) is 4.31. The van der Waals surface area contributed by atoms with Crippen LogP contribution in [0.25, 0.3) is 10.8 Å². The number of amides is 1. The van der Waals surface area contributed by atoms with Gasteiger partial charge in [-0.15, -0.1) is 6.58 Å². The van der Waals surface area contributed by atoms with E-state index in [1.807, 2.05) is 48.5 Å². The number of halogens is 1. The Morgan fingerprint density at radius 2 is 1.67 bits per heavy atom. The van der Waals surface area contributed by atoms with Crippen molar-refractivity contribution in [2.45, 2.75) is 6.42 Å². The Labute approximate surface area is 213 Å². The topological polar surface area (TPSA) is 77.0 Å². The lowest BCUT2D eigenvalue weighted by Crippen LogP contribution is -2.25. The van der Waals surface area contributed by atoms with Crippen LogP contribution >= 0.6 is 11.6 Å². The Morgan fingerprint density at radius 1 is 0.917 bits per heavy atom. The molecule has 7 heteroatoms. The van der Waals surface area contributed by atoms with E-state index in [0.29, 0.717) is 34.1 Å². The van der Waals surface area contributed by atoms with Crippen molar-refractivity contribution in [2.75, 3.05) is 6.61 Å². The molecule has 0 aromatic heterocycles. The predicted octanol–water partition coefficient (Wildman–Crippen LogP) is 5.97. The molecule has 0 unspecified atom stereocenters. The van der Waals surface area contributed by atoms with E-state index in [0.717, 1.165) is 16.3 Å². The molecule has 0 atom stereocenters. The van der Waals surface area contributed by atoms with Crippen LogP contribution in [0.3, 0.4) is 0 Å². The van der Waals surface area contributed by atoms with Crippen LogP contribution in [0.5, 0.6) is 11.5 Å². The van der Waals surface area contributed by atoms with Crippen molar-refractivity contribution in [1.82, 2.24) is 5.43 Å². The molecule has 0 aliphatic rings. The summed E-state index contributed by atoms with van der Waals surface area (Å²) < 4.78 is 11.3. The lowest BCUT2D eigenvalue weighted by Gasteiger charge is -2.11. The lowest BCUT2D eigenvalue weighted by molar-refractivity contribution is -0.123. The minimum atomic E-state index is -0.535. The number of hydrogen-bond acceptors (Lipinski definition) is 5. The first-order valence-corrected chi connectivity index (χ1v) is 11.6. The van der Waals surface area contributed by atoms with E-state index in [-0.39, 0.29) is 6.61 Å². The van der Waals surface area contributed by atoms with Crippen molar-refractivity contribution in [3.05, 3.63) is 119 Å². The average molecular weight is 499 g/mol. The highest BCUT2D eigenvalue weighted by Gasteiger charge is 2.14. The third-order valence-electron chi connectivity index (χ3n) is 5.29. The number of esters is 1. The summed E-state index contributed by atoms with van der Waals surface area (Å²) in [4.78, 5) is 25.0. The van der Waals surface area contributed by atoms with Gasteiger partial charge in [0.15, 0.2) is 6.61 Å². The maximum absolute atomic E-state index is 12.7. The quantitative estimate of drug-likeness (QED) is 0.101. The number of carbonyl (C=O) groups excluding carboxylic acids is 2. The second-order valence-corrected chi connectivity index (χ2v) is 8.21. The van der Waals surface area contributed by atoms with Gasteiger partial charge in [-0.3, -0.25) is 4.79 Å². The fourth-order valence-electron chi connectivity index (χ4n) is 3.56. The van der Waals surface area contributed by atoms with Crippen molar-refractivity contribution < 1.29 is 19.1 Å². The molecule has 0 aliphatic carbocycles. The molecule has 0 fully saturated rings. The maximum Gasteiger partial charge on any atom is 0.343 e. The van der Waals surface area contributed by atoms with E-state index in [1.165, 1.54) is 6.21 Å². The molecule has 0 aliphatic heterocycles. The number of rotatable bonds is 9. The molecule has 0 spiro atoms. The van der Waals surface area contributed by atoms with Crippen molar-refractivity contribution in [2.24, 2.45) is 5.10 Å². The summed E-state index contributed by atoms with van der Waals surface area (Å²) in [6.07, 6.45) is 3.86. The predicted molar refractivity (Wildman–Crippen MR) is 142 cm³/mol. The van der Waals surface area contributed by atoms with Gasteiger partial charge in [-0.2, -0.15) is 5.10 Å². The smallest absolute Gasteiger partial charge is 0.343 e. The van der Waals surface area contributed by atoms with E-state index in [2.05, 4.69) is 17.1 Å². The zero-order valence-electron chi connectivity index (χ0n) is 19.3. The van der Waals surface area contributed by atoms with Crippen LogP contribution < -0.4 is 14.9 Å². The van der Waals surface area contributed by atoms with E-state index >= 15 is 0 Å². The molecule has 0 bridgehead atoms. The average Bonchev–Trinajstić information content (AvgIpc) is 2.89. The molecule has 4 aromatic carbocycles. The molecular formula is C29H23ClN2O4. The number of carbonyl (C=O) groups is 2. The van der Waals surface area contributed by atoms with Gasteiger partial charge in [-0.1, -0.05) is 66.2 Å². The molecule has 0 radical (unpaired) electrons. The van der Waals surface area contributed by atoms with Crippen molar-refractivity contribution in [1.29, 1.82) is 0 Å². The Morgan fingerprint density at radius 3 is 2.47 bits per heavy atom. The van der Waals surface area contributed by atoms with Gasteiger partial charge < -0.3 is 9.47 Å². The molecule has 0 saturated heterocycles. The molecule has 4 aromatic rings. The zero-order valence-corrected chi connectivity index (χ0v) is 20.1. The summed E-state index contributed by atoms with van der Waals surface area (Å²) in [6.45, 7) is 3.53. The number of fused-ring (bicyclic) bond motifs is 1. The summed E-state index contributed by atoms with van der Waals surface area (Å²) in [7, 11) is 0. The molecule has 1 N–H and O–H groups in total. The number of benzene rings is 4. The van der Waals surface area contributed by atoms with Gasteiger partial charge in [0.05, 0.1) is 11.8 Å². The minimum absolute atomic E-state index is 0.209. The van der Waals surface area contributed by atoms with Crippen molar-refractivity contribution in [3.8, 4) is 11.5 Å². The first kappa shape index (κ1) is 24.7. The number of hydrazone groups is 1. The number of para-hydroxylation sites is 1. The first-order valence-electron chi connectivity index (χ1n) is 11.2. The SMILES string of the molecule is C=CCc1ccccc1OCC(=O)NN=Cc1c(OC(=O)c2ccc(Cl)cc2)ccc2ccccc12. The van der Waals surface area contributed by atoms with Gasteiger partial charge in [0, 0.05) is 10.6 Å². The summed E-state index contributed by atoms with van der Waals surface area (Å²) in [6, 6.07) is 25.0. The maximum atomic E-state index is 12.7. The molecule has 0 heterocycles. The Hall–Kier alpha value is -4.42. The molecule has 0 saturated carbocycles. The van der Waals surface area contributed by atoms with Gasteiger partial charge in [0.2, 0.25) is 0 Å². The van der Waals surface area contributed by atoms with E-state index in [4.69, 9.17) is 21.1 Å². The molecule has 180 valence electrons. The summed E-state index contributed by atoms with van der Waals surface area (Å²) in [5, 5.41) is 6.35. The molecule has 1 amide bonds. The van der Waals surface area contributed by atoms with E-state index < -0.39 is 11.9 Å². The van der Waals surface area contributed by atoms with Crippen LogP contribution in [-0.4, -0.2) is 24.7 Å². The second-order valence-electron chi connectivity index (χ2n) is 7.78. The zero-order chi connectivity index (χ0) is 25.3. The molecule has 36 heavy (non-hydrogen) atoms. The van der Waals surface area contributed by atoms with Gasteiger partial charge in [0.25, 0.3) is 5.91 Å². The fourth-order valence-corrected chi connectivity index (χ4v) is 3.68. The van der Waals surface area contributed by atoms with Gasteiger partial charge in [-0.05, 0) is 59.2 Å². The molecule has 4 rings (SSSR count).